The zero-order valence-electron chi connectivity index (χ0n) is 16.9. The number of rotatable bonds is 7. The molecular formula is C24H17BrF2N2O3. The first kappa shape index (κ1) is 23.0. The molecule has 0 bridgehead atoms. The van der Waals surface area contributed by atoms with Gasteiger partial charge in [-0.15, -0.1) is 0 Å². The SMILES string of the molecule is COc1cc(/C=C(/C#N)C(=O)Nc2ccccc2F)cc(Br)c1OCc1cccc(F)c1. The van der Waals surface area contributed by atoms with Crippen molar-refractivity contribution in [2.24, 2.45) is 0 Å². The van der Waals surface area contributed by atoms with Crippen LogP contribution in [0.5, 0.6) is 11.5 Å². The van der Waals surface area contributed by atoms with Crippen LogP contribution >= 0.6 is 15.9 Å². The number of halogens is 3. The van der Waals surface area contributed by atoms with E-state index in [1.54, 1.807) is 30.3 Å². The van der Waals surface area contributed by atoms with E-state index in [-0.39, 0.29) is 23.7 Å². The van der Waals surface area contributed by atoms with Gasteiger partial charge in [0.05, 0.1) is 17.3 Å². The van der Waals surface area contributed by atoms with Crippen LogP contribution in [0.1, 0.15) is 11.1 Å². The Morgan fingerprint density at radius 2 is 1.94 bits per heavy atom. The van der Waals surface area contributed by atoms with Gasteiger partial charge in [0.25, 0.3) is 5.91 Å². The van der Waals surface area contributed by atoms with Crippen molar-refractivity contribution in [3.8, 4) is 17.6 Å². The molecule has 0 atom stereocenters. The second-order valence-corrected chi connectivity index (χ2v) is 7.41. The minimum Gasteiger partial charge on any atom is -0.493 e. The maximum absolute atomic E-state index is 13.8. The highest BCUT2D eigenvalue weighted by Crippen LogP contribution is 2.37. The fraction of sp³-hybridized carbons (Fsp3) is 0.0833. The second kappa shape index (κ2) is 10.6. The van der Waals surface area contributed by atoms with Crippen molar-refractivity contribution < 1.29 is 23.0 Å². The number of anilines is 1. The van der Waals surface area contributed by atoms with E-state index in [9.17, 15) is 18.8 Å². The van der Waals surface area contributed by atoms with E-state index in [0.29, 0.717) is 27.1 Å². The summed E-state index contributed by atoms with van der Waals surface area (Å²) in [5.74, 6) is -1.01. The minimum atomic E-state index is -0.751. The molecular weight excluding hydrogens is 482 g/mol. The lowest BCUT2D eigenvalue weighted by Gasteiger charge is -2.14. The van der Waals surface area contributed by atoms with Gasteiger partial charge in [0.1, 0.15) is 29.9 Å². The van der Waals surface area contributed by atoms with Gasteiger partial charge in [0, 0.05) is 0 Å². The Labute approximate surface area is 192 Å². The van der Waals surface area contributed by atoms with Crippen LogP contribution in [0.25, 0.3) is 6.08 Å². The molecule has 1 amide bonds. The van der Waals surface area contributed by atoms with Crippen molar-refractivity contribution in [3.63, 3.8) is 0 Å². The average Bonchev–Trinajstić information content (AvgIpc) is 2.77. The van der Waals surface area contributed by atoms with Crippen molar-refractivity contribution in [2.75, 3.05) is 12.4 Å². The Balaban J connectivity index is 1.83. The molecule has 0 unspecified atom stereocenters. The molecule has 0 fully saturated rings. The zero-order valence-corrected chi connectivity index (χ0v) is 18.4. The highest BCUT2D eigenvalue weighted by Gasteiger charge is 2.15. The Kier molecular flexibility index (Phi) is 7.58. The maximum Gasteiger partial charge on any atom is 0.266 e. The summed E-state index contributed by atoms with van der Waals surface area (Å²) in [4.78, 5) is 12.4. The van der Waals surface area contributed by atoms with Gasteiger partial charge in [0.2, 0.25) is 0 Å². The summed E-state index contributed by atoms with van der Waals surface area (Å²) in [5.41, 5.74) is 0.862. The quantitative estimate of drug-likeness (QED) is 0.327. The second-order valence-electron chi connectivity index (χ2n) is 6.56. The molecule has 3 aromatic carbocycles. The fourth-order valence-corrected chi connectivity index (χ4v) is 3.39. The molecule has 3 rings (SSSR count). The molecule has 0 saturated heterocycles. The van der Waals surface area contributed by atoms with Gasteiger partial charge in [-0.25, -0.2) is 8.78 Å². The fourth-order valence-electron chi connectivity index (χ4n) is 2.81. The van der Waals surface area contributed by atoms with E-state index in [0.717, 1.165) is 0 Å². The molecule has 162 valence electrons. The molecule has 8 heteroatoms. The van der Waals surface area contributed by atoms with E-state index in [4.69, 9.17) is 9.47 Å². The van der Waals surface area contributed by atoms with E-state index in [1.807, 2.05) is 6.07 Å². The van der Waals surface area contributed by atoms with Crippen LogP contribution in [0.2, 0.25) is 0 Å². The van der Waals surface area contributed by atoms with E-state index in [2.05, 4.69) is 21.2 Å². The Morgan fingerprint density at radius 3 is 2.62 bits per heavy atom. The normalized spacial score (nSPS) is 10.9. The molecule has 3 aromatic rings. The number of amides is 1. The number of carbonyl (C=O) groups excluding carboxylic acids is 1. The Bertz CT molecular complexity index is 1220. The number of carbonyl (C=O) groups is 1. The maximum atomic E-state index is 13.8. The Morgan fingerprint density at radius 1 is 1.16 bits per heavy atom. The first-order chi connectivity index (χ1) is 15.4. The zero-order chi connectivity index (χ0) is 23.1. The number of nitrogens with zero attached hydrogens (tertiary/aromatic N) is 1. The van der Waals surface area contributed by atoms with E-state index < -0.39 is 11.7 Å². The van der Waals surface area contributed by atoms with Crippen LogP contribution < -0.4 is 14.8 Å². The van der Waals surface area contributed by atoms with Gasteiger partial charge in [-0.05, 0) is 69.5 Å². The summed E-state index contributed by atoms with van der Waals surface area (Å²) in [7, 11) is 1.44. The van der Waals surface area contributed by atoms with Crippen molar-refractivity contribution >= 4 is 33.6 Å². The van der Waals surface area contributed by atoms with Crippen LogP contribution in [-0.2, 0) is 11.4 Å². The molecule has 1 N–H and O–H groups in total. The Hall–Kier alpha value is -3.70. The van der Waals surface area contributed by atoms with Gasteiger partial charge < -0.3 is 14.8 Å². The monoisotopic (exact) mass is 498 g/mol. The van der Waals surface area contributed by atoms with Gasteiger partial charge in [0.15, 0.2) is 11.5 Å². The molecule has 0 aliphatic carbocycles. The lowest BCUT2D eigenvalue weighted by molar-refractivity contribution is -0.112. The summed E-state index contributed by atoms with van der Waals surface area (Å²) >= 11 is 3.40. The summed E-state index contributed by atoms with van der Waals surface area (Å²) in [6, 6.07) is 16.7. The van der Waals surface area contributed by atoms with Gasteiger partial charge >= 0.3 is 0 Å². The van der Waals surface area contributed by atoms with Crippen LogP contribution in [-0.4, -0.2) is 13.0 Å². The molecule has 32 heavy (non-hydrogen) atoms. The molecule has 0 heterocycles. The number of benzene rings is 3. The number of methoxy groups -OCH3 is 1. The van der Waals surface area contributed by atoms with Crippen LogP contribution in [0.4, 0.5) is 14.5 Å². The third kappa shape index (κ3) is 5.71. The lowest BCUT2D eigenvalue weighted by Crippen LogP contribution is -2.14. The highest BCUT2D eigenvalue weighted by molar-refractivity contribution is 9.10. The third-order valence-electron chi connectivity index (χ3n) is 4.32. The van der Waals surface area contributed by atoms with E-state index >= 15 is 0 Å². The van der Waals surface area contributed by atoms with Crippen LogP contribution in [0, 0.1) is 23.0 Å². The number of ether oxygens (including phenoxy) is 2. The van der Waals surface area contributed by atoms with Crippen molar-refractivity contribution in [1.82, 2.24) is 0 Å². The van der Waals surface area contributed by atoms with E-state index in [1.165, 1.54) is 43.5 Å². The van der Waals surface area contributed by atoms with Crippen molar-refractivity contribution in [1.29, 1.82) is 5.26 Å². The average molecular weight is 499 g/mol. The molecule has 0 saturated carbocycles. The molecule has 0 radical (unpaired) electrons. The standard InChI is InChI=1S/C24H17BrF2N2O3/c1-31-22-12-16(9-17(13-28)24(30)29-21-8-3-2-7-20(21)27)11-19(25)23(22)32-14-15-5-4-6-18(26)10-15/h2-12H,14H2,1H3,(H,29,30)/b17-9-. The molecule has 0 aromatic heterocycles. The largest absolute Gasteiger partial charge is 0.493 e. The first-order valence-corrected chi connectivity index (χ1v) is 10.1. The predicted octanol–water partition coefficient (Wildman–Crippen LogP) is 5.86. The number of hydrogen-bond donors (Lipinski definition) is 1. The molecule has 0 aliphatic rings. The third-order valence-corrected chi connectivity index (χ3v) is 4.91. The smallest absolute Gasteiger partial charge is 0.266 e. The van der Waals surface area contributed by atoms with Gasteiger partial charge in [-0.1, -0.05) is 24.3 Å². The number of hydrogen-bond acceptors (Lipinski definition) is 4. The summed E-state index contributed by atoms with van der Waals surface area (Å²) in [5, 5.41) is 11.8. The van der Waals surface area contributed by atoms with Gasteiger partial charge in [-0.3, -0.25) is 4.79 Å². The van der Waals surface area contributed by atoms with Gasteiger partial charge in [-0.2, -0.15) is 5.26 Å². The lowest BCUT2D eigenvalue weighted by atomic mass is 10.1. The summed E-state index contributed by atoms with van der Waals surface area (Å²) in [6.07, 6.45) is 1.35. The molecule has 0 spiro atoms. The highest BCUT2D eigenvalue weighted by atomic mass is 79.9. The minimum absolute atomic E-state index is 0.0292. The topological polar surface area (TPSA) is 71.3 Å². The number of nitrogens with one attached hydrogen (secondary N) is 1. The first-order valence-electron chi connectivity index (χ1n) is 9.33. The van der Waals surface area contributed by atoms with Crippen LogP contribution in [0.15, 0.2) is 70.7 Å². The number of para-hydroxylation sites is 1. The number of nitriles is 1. The molecule has 5 nitrogen and oxygen atoms in total. The predicted molar refractivity (Wildman–Crippen MR) is 120 cm³/mol. The summed E-state index contributed by atoms with van der Waals surface area (Å²) < 4.78 is 38.8. The van der Waals surface area contributed by atoms with Crippen molar-refractivity contribution in [3.05, 3.63) is 93.5 Å². The van der Waals surface area contributed by atoms with Crippen molar-refractivity contribution in [2.45, 2.75) is 6.61 Å². The van der Waals surface area contributed by atoms with Crippen LogP contribution in [0.3, 0.4) is 0 Å². The molecule has 0 aliphatic heterocycles. The summed E-state index contributed by atoms with van der Waals surface area (Å²) in [6.45, 7) is 0.108.